The van der Waals surface area contributed by atoms with Gasteiger partial charge >= 0.3 is 0 Å². The van der Waals surface area contributed by atoms with Crippen molar-refractivity contribution in [1.82, 2.24) is 13.9 Å². The Bertz CT molecular complexity index is 991. The van der Waals surface area contributed by atoms with Gasteiger partial charge in [0.1, 0.15) is 4.90 Å². The Morgan fingerprint density at radius 2 is 1.73 bits per heavy atom. The normalized spacial score (nSPS) is 21.5. The summed E-state index contributed by atoms with van der Waals surface area (Å²) >= 11 is 6.21. The average molecular weight is 478 g/mol. The number of hydrogen-bond donors (Lipinski definition) is 1. The third kappa shape index (κ3) is 5.53. The largest absolute Gasteiger partial charge is 0.334 e. The number of piperidine rings is 2. The number of nitrogens with zero attached hydrogens (tertiary/aromatic N) is 2. The summed E-state index contributed by atoms with van der Waals surface area (Å²) in [6, 6.07) is 4.04. The van der Waals surface area contributed by atoms with Gasteiger partial charge in [-0.1, -0.05) is 18.0 Å². The van der Waals surface area contributed by atoms with E-state index in [-0.39, 0.29) is 34.0 Å². The van der Waals surface area contributed by atoms with Crippen molar-refractivity contribution in [3.8, 4) is 0 Å². The fourth-order valence-corrected chi connectivity index (χ4v) is 6.48. The SMILES string of the molecule is CS(=O)(=O)NCC1CCCCN1C(=O)c1ccc(Cl)c(S(=O)(=O)N2CCCCC2)c1. The van der Waals surface area contributed by atoms with E-state index in [9.17, 15) is 21.6 Å². The Morgan fingerprint density at radius 1 is 1.07 bits per heavy atom. The first-order valence-corrected chi connectivity index (χ1v) is 13.9. The lowest BCUT2D eigenvalue weighted by molar-refractivity contribution is 0.0618. The van der Waals surface area contributed by atoms with Crippen molar-refractivity contribution >= 4 is 37.6 Å². The molecule has 2 aliphatic rings. The lowest BCUT2D eigenvalue weighted by Gasteiger charge is -2.36. The van der Waals surface area contributed by atoms with Gasteiger partial charge in [-0.3, -0.25) is 4.79 Å². The van der Waals surface area contributed by atoms with E-state index in [0.29, 0.717) is 26.1 Å². The Balaban J connectivity index is 1.86. The number of likely N-dealkylation sites (tertiary alicyclic amines) is 1. The molecule has 2 aliphatic heterocycles. The van der Waals surface area contributed by atoms with Crippen LogP contribution in [0.2, 0.25) is 5.02 Å². The van der Waals surface area contributed by atoms with E-state index in [1.165, 1.54) is 22.5 Å². The Hall–Kier alpha value is -1.20. The van der Waals surface area contributed by atoms with Crippen molar-refractivity contribution < 1.29 is 21.6 Å². The van der Waals surface area contributed by atoms with Gasteiger partial charge in [0.2, 0.25) is 20.0 Å². The maximum Gasteiger partial charge on any atom is 0.254 e. The van der Waals surface area contributed by atoms with Crippen molar-refractivity contribution in [1.29, 1.82) is 0 Å². The minimum absolute atomic E-state index is 0.0558. The summed E-state index contributed by atoms with van der Waals surface area (Å²) in [5.74, 6) is -0.318. The molecule has 2 saturated heterocycles. The molecule has 0 bridgehead atoms. The van der Waals surface area contributed by atoms with Crippen LogP contribution in [-0.2, 0) is 20.0 Å². The molecule has 0 aromatic heterocycles. The molecular weight excluding hydrogens is 450 g/mol. The molecule has 1 aromatic carbocycles. The topological polar surface area (TPSA) is 104 Å². The fourth-order valence-electron chi connectivity index (χ4n) is 3.97. The molecule has 0 spiro atoms. The number of benzene rings is 1. The average Bonchev–Trinajstić information content (AvgIpc) is 2.72. The van der Waals surface area contributed by atoms with Crippen molar-refractivity contribution in [2.24, 2.45) is 0 Å². The van der Waals surface area contributed by atoms with Crippen LogP contribution in [0, 0.1) is 0 Å². The molecule has 0 saturated carbocycles. The third-order valence-corrected chi connectivity index (χ3v) is 8.65. The molecule has 3 rings (SSSR count). The van der Waals surface area contributed by atoms with Gasteiger partial charge in [-0.05, 0) is 50.3 Å². The van der Waals surface area contributed by atoms with Crippen LogP contribution in [0.15, 0.2) is 23.1 Å². The summed E-state index contributed by atoms with van der Waals surface area (Å²) in [6.07, 6.45) is 6.08. The molecule has 1 amide bonds. The maximum atomic E-state index is 13.2. The second kappa shape index (κ2) is 9.52. The Morgan fingerprint density at radius 3 is 2.40 bits per heavy atom. The van der Waals surface area contributed by atoms with E-state index >= 15 is 0 Å². The molecule has 1 aromatic rings. The molecule has 30 heavy (non-hydrogen) atoms. The standard InChI is InChI=1S/C19H28ClN3O5S2/c1-29(25,26)21-14-16-7-3-6-12-23(16)19(24)15-8-9-17(20)18(13-15)30(27,28)22-10-4-2-5-11-22/h8-9,13,16,21H,2-7,10-12,14H2,1H3. The van der Waals surface area contributed by atoms with Crippen molar-refractivity contribution in [3.63, 3.8) is 0 Å². The Kier molecular flexibility index (Phi) is 7.44. The lowest BCUT2D eigenvalue weighted by atomic mass is 10.0. The maximum absolute atomic E-state index is 13.2. The van der Waals surface area contributed by atoms with E-state index in [2.05, 4.69) is 4.72 Å². The number of sulfonamides is 2. The lowest BCUT2D eigenvalue weighted by Crippen LogP contribution is -2.49. The molecule has 168 valence electrons. The quantitative estimate of drug-likeness (QED) is 0.675. The van der Waals surface area contributed by atoms with Crippen molar-refractivity contribution in [3.05, 3.63) is 28.8 Å². The molecule has 2 fully saturated rings. The molecule has 2 heterocycles. The van der Waals surface area contributed by atoms with Crippen LogP contribution in [-0.4, -0.2) is 70.4 Å². The smallest absolute Gasteiger partial charge is 0.254 e. The van der Waals surface area contributed by atoms with Gasteiger partial charge in [-0.15, -0.1) is 0 Å². The van der Waals surface area contributed by atoms with E-state index in [1.54, 1.807) is 4.90 Å². The third-order valence-electron chi connectivity index (χ3n) is 5.58. The van der Waals surface area contributed by atoms with Crippen molar-refractivity contribution in [2.45, 2.75) is 49.5 Å². The van der Waals surface area contributed by atoms with Crippen LogP contribution in [0.25, 0.3) is 0 Å². The van der Waals surface area contributed by atoms with Gasteiger partial charge in [0.15, 0.2) is 0 Å². The molecule has 11 heteroatoms. The highest BCUT2D eigenvalue weighted by Crippen LogP contribution is 2.29. The van der Waals surface area contributed by atoms with Crippen LogP contribution in [0.1, 0.15) is 48.9 Å². The predicted octanol–water partition coefficient (Wildman–Crippen LogP) is 2.06. The highest BCUT2D eigenvalue weighted by Gasteiger charge is 2.31. The number of amides is 1. The predicted molar refractivity (Wildman–Crippen MR) is 116 cm³/mol. The second-order valence-electron chi connectivity index (χ2n) is 7.88. The van der Waals surface area contributed by atoms with Gasteiger partial charge in [0.25, 0.3) is 5.91 Å². The highest BCUT2D eigenvalue weighted by atomic mass is 35.5. The number of rotatable bonds is 6. The summed E-state index contributed by atoms with van der Waals surface area (Å²) in [4.78, 5) is 14.8. The van der Waals surface area contributed by atoms with Crippen LogP contribution < -0.4 is 4.72 Å². The van der Waals surface area contributed by atoms with E-state index in [0.717, 1.165) is 38.4 Å². The summed E-state index contributed by atoms with van der Waals surface area (Å²) in [5.41, 5.74) is 0.237. The van der Waals surface area contributed by atoms with Crippen LogP contribution in [0.5, 0.6) is 0 Å². The van der Waals surface area contributed by atoms with Crippen LogP contribution >= 0.6 is 11.6 Å². The van der Waals surface area contributed by atoms with Crippen LogP contribution in [0.4, 0.5) is 0 Å². The van der Waals surface area contributed by atoms with E-state index in [4.69, 9.17) is 11.6 Å². The van der Waals surface area contributed by atoms with Crippen LogP contribution in [0.3, 0.4) is 0 Å². The number of hydrogen-bond acceptors (Lipinski definition) is 5. The van der Waals surface area contributed by atoms with Gasteiger partial charge in [0.05, 0.1) is 11.3 Å². The summed E-state index contributed by atoms with van der Waals surface area (Å²) < 4.78 is 53.0. The molecule has 1 N–H and O–H groups in total. The zero-order valence-corrected chi connectivity index (χ0v) is 19.4. The summed E-state index contributed by atoms with van der Waals surface area (Å²) in [5, 5.41) is 0.0889. The van der Waals surface area contributed by atoms with Gasteiger partial charge in [0, 0.05) is 37.8 Å². The second-order valence-corrected chi connectivity index (χ2v) is 12.0. The zero-order valence-electron chi connectivity index (χ0n) is 17.0. The first-order valence-electron chi connectivity index (χ1n) is 10.1. The first-order chi connectivity index (χ1) is 14.1. The van der Waals surface area contributed by atoms with Gasteiger partial charge in [-0.2, -0.15) is 4.31 Å². The highest BCUT2D eigenvalue weighted by molar-refractivity contribution is 7.89. The zero-order chi connectivity index (χ0) is 21.9. The molecule has 8 nitrogen and oxygen atoms in total. The van der Waals surface area contributed by atoms with Crippen molar-refractivity contribution in [2.75, 3.05) is 32.4 Å². The number of carbonyl (C=O) groups excluding carboxylic acids is 1. The fraction of sp³-hybridized carbons (Fsp3) is 0.632. The molecule has 0 aliphatic carbocycles. The monoisotopic (exact) mass is 477 g/mol. The number of carbonyl (C=O) groups is 1. The molecular formula is C19H28ClN3O5S2. The van der Waals surface area contributed by atoms with Gasteiger partial charge in [-0.25, -0.2) is 21.6 Å². The molecule has 1 atom stereocenters. The minimum Gasteiger partial charge on any atom is -0.334 e. The summed E-state index contributed by atoms with van der Waals surface area (Å²) in [6.45, 7) is 1.52. The summed E-state index contributed by atoms with van der Waals surface area (Å²) in [7, 11) is -7.16. The van der Waals surface area contributed by atoms with Gasteiger partial charge < -0.3 is 4.90 Å². The Labute approximate surface area is 183 Å². The molecule has 0 radical (unpaired) electrons. The number of nitrogens with one attached hydrogen (secondary N) is 1. The molecule has 1 unspecified atom stereocenters. The first kappa shape index (κ1) is 23.5. The van der Waals surface area contributed by atoms with E-state index in [1.807, 2.05) is 0 Å². The van der Waals surface area contributed by atoms with E-state index < -0.39 is 20.0 Å². The number of halogens is 1. The minimum atomic E-state index is -3.78.